The van der Waals surface area contributed by atoms with Gasteiger partial charge in [0.2, 0.25) is 0 Å². The van der Waals surface area contributed by atoms with E-state index >= 15 is 0 Å². The van der Waals surface area contributed by atoms with Gasteiger partial charge in [-0.3, -0.25) is 4.68 Å². The Balaban J connectivity index is 1.53. The molecule has 0 radical (unpaired) electrons. The lowest BCUT2D eigenvalue weighted by atomic mass is 10.1. The molecule has 3 rings (SSSR count). The van der Waals surface area contributed by atoms with Gasteiger partial charge in [-0.2, -0.15) is 5.10 Å². The molecule has 0 aliphatic carbocycles. The molecule has 0 bridgehead atoms. The van der Waals surface area contributed by atoms with Gasteiger partial charge >= 0.3 is 0 Å². The van der Waals surface area contributed by atoms with Crippen LogP contribution in [0.5, 0.6) is 0 Å². The van der Waals surface area contributed by atoms with E-state index in [1.165, 1.54) is 11.1 Å². The maximum absolute atomic E-state index is 4.73. The van der Waals surface area contributed by atoms with Crippen LogP contribution in [0.15, 0.2) is 60.1 Å². The van der Waals surface area contributed by atoms with Gasteiger partial charge in [0.05, 0.1) is 6.54 Å². The van der Waals surface area contributed by atoms with E-state index < -0.39 is 0 Å². The molecular formula is C21H29N7. The molecule has 2 heterocycles. The molecule has 2 aromatic heterocycles. The second-order valence-electron chi connectivity index (χ2n) is 6.67. The van der Waals surface area contributed by atoms with E-state index in [-0.39, 0.29) is 0 Å². The summed E-state index contributed by atoms with van der Waals surface area (Å²) < 4.78 is 4.09. The smallest absolute Gasteiger partial charge is 0.191 e. The van der Waals surface area contributed by atoms with Gasteiger partial charge in [0.15, 0.2) is 5.96 Å². The molecule has 0 aliphatic rings. The van der Waals surface area contributed by atoms with Gasteiger partial charge < -0.3 is 15.2 Å². The number of benzene rings is 1. The van der Waals surface area contributed by atoms with E-state index in [9.17, 15) is 0 Å². The van der Waals surface area contributed by atoms with Gasteiger partial charge in [-0.1, -0.05) is 24.3 Å². The number of imidazole rings is 1. The summed E-state index contributed by atoms with van der Waals surface area (Å²) in [7, 11) is 0. The first-order valence-electron chi connectivity index (χ1n) is 9.79. The van der Waals surface area contributed by atoms with Gasteiger partial charge in [0, 0.05) is 51.0 Å². The Morgan fingerprint density at radius 3 is 2.75 bits per heavy atom. The van der Waals surface area contributed by atoms with Crippen molar-refractivity contribution in [3.8, 4) is 0 Å². The van der Waals surface area contributed by atoms with Crippen molar-refractivity contribution in [2.24, 2.45) is 4.99 Å². The quantitative estimate of drug-likeness (QED) is 0.341. The maximum atomic E-state index is 4.73. The third-order valence-electron chi connectivity index (χ3n) is 4.45. The number of guanidine groups is 1. The Hall–Kier alpha value is -3.09. The van der Waals surface area contributed by atoms with Crippen LogP contribution in [0.25, 0.3) is 0 Å². The summed E-state index contributed by atoms with van der Waals surface area (Å²) in [5, 5.41) is 10.9. The van der Waals surface area contributed by atoms with Crippen LogP contribution < -0.4 is 10.6 Å². The second kappa shape index (κ2) is 10.3. The van der Waals surface area contributed by atoms with Crippen molar-refractivity contribution in [1.82, 2.24) is 30.0 Å². The van der Waals surface area contributed by atoms with Gasteiger partial charge in [-0.15, -0.1) is 0 Å². The Bertz CT molecular complexity index is 865. The fourth-order valence-corrected chi connectivity index (χ4v) is 2.99. The number of nitrogens with one attached hydrogen (secondary N) is 2. The Morgan fingerprint density at radius 1 is 1.11 bits per heavy atom. The summed E-state index contributed by atoms with van der Waals surface area (Å²) in [6, 6.07) is 10.5. The van der Waals surface area contributed by atoms with E-state index in [1.807, 2.05) is 36.3 Å². The molecule has 0 atom stereocenters. The zero-order valence-electron chi connectivity index (χ0n) is 16.7. The molecule has 3 aromatic rings. The lowest BCUT2D eigenvalue weighted by Crippen LogP contribution is -2.38. The average Bonchev–Trinajstić information content (AvgIpc) is 3.36. The highest BCUT2D eigenvalue weighted by Gasteiger charge is 2.02. The summed E-state index contributed by atoms with van der Waals surface area (Å²) in [6.07, 6.45) is 8.63. The SMILES string of the molecule is CCNC(=NCc1cccc(Cn2ccnc2C)c1)NCCCn1cccn1. The van der Waals surface area contributed by atoms with Crippen LogP contribution in [0.1, 0.15) is 30.3 Å². The van der Waals surface area contributed by atoms with E-state index in [4.69, 9.17) is 4.99 Å². The third-order valence-corrected chi connectivity index (χ3v) is 4.45. The number of hydrogen-bond acceptors (Lipinski definition) is 3. The summed E-state index contributed by atoms with van der Waals surface area (Å²) in [5.74, 6) is 1.87. The summed E-state index contributed by atoms with van der Waals surface area (Å²) in [5.41, 5.74) is 2.45. The van der Waals surface area contributed by atoms with Gasteiger partial charge in [0.1, 0.15) is 5.82 Å². The molecule has 0 unspecified atom stereocenters. The molecule has 28 heavy (non-hydrogen) atoms. The van der Waals surface area contributed by atoms with Gasteiger partial charge in [0.25, 0.3) is 0 Å². The fourth-order valence-electron chi connectivity index (χ4n) is 2.99. The summed E-state index contributed by atoms with van der Waals surface area (Å²) in [6.45, 7) is 8.16. The zero-order valence-corrected chi connectivity index (χ0v) is 16.7. The molecule has 0 amide bonds. The number of hydrogen-bond donors (Lipinski definition) is 2. The van der Waals surface area contributed by atoms with Crippen LogP contribution in [-0.4, -0.2) is 38.4 Å². The number of aryl methyl sites for hydroxylation is 2. The van der Waals surface area contributed by atoms with E-state index in [0.717, 1.165) is 44.4 Å². The Morgan fingerprint density at radius 2 is 2.00 bits per heavy atom. The average molecular weight is 380 g/mol. The van der Waals surface area contributed by atoms with Crippen LogP contribution in [-0.2, 0) is 19.6 Å². The predicted molar refractivity (Wildman–Crippen MR) is 112 cm³/mol. The monoisotopic (exact) mass is 379 g/mol. The van der Waals surface area contributed by atoms with Crippen LogP contribution in [0, 0.1) is 6.92 Å². The predicted octanol–water partition coefficient (Wildman–Crippen LogP) is 2.58. The number of nitrogens with zero attached hydrogens (tertiary/aromatic N) is 5. The minimum atomic E-state index is 0.644. The van der Waals surface area contributed by atoms with Crippen molar-refractivity contribution in [3.63, 3.8) is 0 Å². The van der Waals surface area contributed by atoms with Crippen LogP contribution in [0.2, 0.25) is 0 Å². The summed E-state index contributed by atoms with van der Waals surface area (Å²) >= 11 is 0. The lowest BCUT2D eigenvalue weighted by Gasteiger charge is -2.12. The first-order chi connectivity index (χ1) is 13.7. The second-order valence-corrected chi connectivity index (χ2v) is 6.67. The maximum Gasteiger partial charge on any atom is 0.191 e. The first kappa shape index (κ1) is 19.7. The van der Waals surface area contributed by atoms with Gasteiger partial charge in [-0.05, 0) is 37.5 Å². The molecule has 1 aromatic carbocycles. The standard InChI is InChI=1S/C21H29N7/c1-3-22-21(24-9-5-12-28-13-6-10-26-28)25-16-19-7-4-8-20(15-19)17-27-14-11-23-18(27)2/h4,6-8,10-11,13-15H,3,5,9,12,16-17H2,1-2H3,(H2,22,24,25). The fraction of sp³-hybridized carbons (Fsp3) is 0.381. The van der Waals surface area contributed by atoms with E-state index in [1.54, 1.807) is 6.20 Å². The molecule has 0 spiro atoms. The van der Waals surface area contributed by atoms with Crippen molar-refractivity contribution in [3.05, 3.63) is 72.1 Å². The van der Waals surface area contributed by atoms with E-state index in [2.05, 4.69) is 56.5 Å². The molecular weight excluding hydrogens is 350 g/mol. The number of rotatable bonds is 9. The van der Waals surface area contributed by atoms with E-state index in [0.29, 0.717) is 6.54 Å². The van der Waals surface area contributed by atoms with Crippen molar-refractivity contribution >= 4 is 5.96 Å². The normalized spacial score (nSPS) is 11.6. The molecule has 7 nitrogen and oxygen atoms in total. The minimum Gasteiger partial charge on any atom is -0.357 e. The first-order valence-corrected chi connectivity index (χ1v) is 9.79. The topological polar surface area (TPSA) is 72.1 Å². The summed E-state index contributed by atoms with van der Waals surface area (Å²) in [4.78, 5) is 9.01. The largest absolute Gasteiger partial charge is 0.357 e. The van der Waals surface area contributed by atoms with Crippen molar-refractivity contribution in [2.75, 3.05) is 13.1 Å². The molecule has 0 saturated heterocycles. The van der Waals surface area contributed by atoms with Crippen molar-refractivity contribution in [1.29, 1.82) is 0 Å². The van der Waals surface area contributed by atoms with Gasteiger partial charge in [-0.25, -0.2) is 9.98 Å². The van der Waals surface area contributed by atoms with Crippen LogP contribution in [0.4, 0.5) is 0 Å². The zero-order chi connectivity index (χ0) is 19.6. The van der Waals surface area contributed by atoms with Crippen molar-refractivity contribution < 1.29 is 0 Å². The molecule has 0 saturated carbocycles. The highest BCUT2D eigenvalue weighted by molar-refractivity contribution is 5.79. The highest BCUT2D eigenvalue weighted by Crippen LogP contribution is 2.09. The molecule has 7 heteroatoms. The van der Waals surface area contributed by atoms with Crippen molar-refractivity contribution in [2.45, 2.75) is 39.9 Å². The third kappa shape index (κ3) is 5.97. The number of aromatic nitrogens is 4. The number of aliphatic imine (C=N–C) groups is 1. The minimum absolute atomic E-state index is 0.644. The Kier molecular flexibility index (Phi) is 7.23. The van der Waals surface area contributed by atoms with Crippen LogP contribution >= 0.6 is 0 Å². The Labute approximate surface area is 166 Å². The molecule has 0 fully saturated rings. The highest BCUT2D eigenvalue weighted by atomic mass is 15.3. The molecule has 148 valence electrons. The molecule has 0 aliphatic heterocycles. The molecule has 2 N–H and O–H groups in total. The lowest BCUT2D eigenvalue weighted by molar-refractivity contribution is 0.570. The van der Waals surface area contributed by atoms with Crippen LogP contribution in [0.3, 0.4) is 0 Å².